The number of anilines is 1. The van der Waals surface area contributed by atoms with E-state index in [2.05, 4.69) is 22.1 Å². The molecule has 1 fully saturated rings. The lowest BCUT2D eigenvalue weighted by Gasteiger charge is -2.48. The number of hydrogen-bond donors (Lipinski definition) is 1. The van der Waals surface area contributed by atoms with Gasteiger partial charge in [-0.05, 0) is 43.0 Å². The van der Waals surface area contributed by atoms with Crippen molar-refractivity contribution in [2.45, 2.75) is 31.7 Å². The molecule has 3 aromatic rings. The highest BCUT2D eigenvalue weighted by Crippen LogP contribution is 2.34. The zero-order valence-corrected chi connectivity index (χ0v) is 19.0. The van der Waals surface area contributed by atoms with Gasteiger partial charge in [0.2, 0.25) is 5.91 Å². The molecule has 6 heteroatoms. The highest BCUT2D eigenvalue weighted by atomic mass is 35.5. The molecule has 5 nitrogen and oxygen atoms in total. The molecule has 1 aromatic heterocycles. The number of nitrogens with one attached hydrogen (secondary N) is 1. The fraction of sp³-hybridized carbons (Fsp3) is 0.400. The van der Waals surface area contributed by atoms with E-state index in [1.807, 2.05) is 47.4 Å². The first-order valence-electron chi connectivity index (χ1n) is 10.9. The summed E-state index contributed by atoms with van der Waals surface area (Å²) < 4.78 is 5.62. The van der Waals surface area contributed by atoms with Gasteiger partial charge in [0, 0.05) is 50.9 Å². The van der Waals surface area contributed by atoms with E-state index >= 15 is 0 Å². The molecular weight excluding hydrogens is 410 g/mol. The molecule has 0 unspecified atom stereocenters. The maximum Gasteiger partial charge on any atom is 0.224 e. The topological polar surface area (TPSA) is 48.6 Å². The number of piperidine rings is 1. The Kier molecular flexibility index (Phi) is 6.65. The van der Waals surface area contributed by atoms with Crippen LogP contribution in [0.15, 0.2) is 54.7 Å². The number of benzene rings is 2. The molecule has 2 aromatic carbocycles. The third kappa shape index (κ3) is 4.49. The van der Waals surface area contributed by atoms with Gasteiger partial charge in [-0.1, -0.05) is 41.9 Å². The Morgan fingerprint density at radius 2 is 1.90 bits per heavy atom. The number of amides is 1. The Morgan fingerprint density at radius 3 is 2.58 bits per heavy atom. The van der Waals surface area contributed by atoms with E-state index in [4.69, 9.17) is 16.3 Å². The van der Waals surface area contributed by atoms with Crippen LogP contribution >= 0.6 is 11.6 Å². The van der Waals surface area contributed by atoms with Crippen molar-refractivity contribution in [2.24, 2.45) is 0 Å². The molecular formula is C25H30ClN3O2. The molecule has 0 atom stereocenters. The van der Waals surface area contributed by atoms with Crippen LogP contribution < -0.4 is 4.90 Å². The Bertz CT molecular complexity index is 1030. The van der Waals surface area contributed by atoms with Crippen molar-refractivity contribution in [2.75, 3.05) is 38.3 Å². The summed E-state index contributed by atoms with van der Waals surface area (Å²) in [7, 11) is 1.72. The van der Waals surface area contributed by atoms with Gasteiger partial charge in [-0.3, -0.25) is 4.79 Å². The first kappa shape index (κ1) is 21.9. The highest BCUT2D eigenvalue weighted by molar-refractivity contribution is 6.35. The second-order valence-corrected chi connectivity index (χ2v) is 8.82. The van der Waals surface area contributed by atoms with Gasteiger partial charge in [0.15, 0.2) is 0 Å². The zero-order valence-electron chi connectivity index (χ0n) is 18.2. The molecule has 0 aliphatic carbocycles. The van der Waals surface area contributed by atoms with Crippen molar-refractivity contribution in [3.63, 3.8) is 0 Å². The van der Waals surface area contributed by atoms with Crippen LogP contribution in [0.2, 0.25) is 5.02 Å². The molecule has 0 spiro atoms. The summed E-state index contributed by atoms with van der Waals surface area (Å²) in [4.78, 5) is 20.4. The number of rotatable bonds is 7. The van der Waals surface area contributed by atoms with Gasteiger partial charge in [0.05, 0.1) is 22.7 Å². The maximum absolute atomic E-state index is 12.7. The SMILES string of the molecule is COCC1(N(C(C)=O)c2ccccc2)CCN(CCc2c[nH]c3c(Cl)cccc23)CC1. The van der Waals surface area contributed by atoms with Crippen molar-refractivity contribution >= 4 is 34.1 Å². The minimum atomic E-state index is -0.313. The molecule has 1 N–H and O–H groups in total. The van der Waals surface area contributed by atoms with Gasteiger partial charge >= 0.3 is 0 Å². The number of fused-ring (bicyclic) bond motifs is 1. The summed E-state index contributed by atoms with van der Waals surface area (Å²) in [6.07, 6.45) is 4.80. The minimum Gasteiger partial charge on any atom is -0.382 e. The summed E-state index contributed by atoms with van der Waals surface area (Å²) in [5, 5.41) is 1.96. The van der Waals surface area contributed by atoms with Gasteiger partial charge in [-0.2, -0.15) is 0 Å². The van der Waals surface area contributed by atoms with Crippen LogP contribution in [0.25, 0.3) is 10.9 Å². The summed E-state index contributed by atoms with van der Waals surface area (Å²) in [6.45, 7) is 5.04. The number of nitrogens with zero attached hydrogens (tertiary/aromatic N) is 2. The molecule has 1 aliphatic heterocycles. The first-order valence-corrected chi connectivity index (χ1v) is 11.2. The lowest BCUT2D eigenvalue weighted by molar-refractivity contribution is -0.118. The van der Waals surface area contributed by atoms with Crippen LogP contribution in [0.5, 0.6) is 0 Å². The van der Waals surface area contributed by atoms with Gasteiger partial charge < -0.3 is 19.5 Å². The predicted molar refractivity (Wildman–Crippen MR) is 127 cm³/mol. The average molecular weight is 440 g/mol. The number of H-pyrrole nitrogens is 1. The molecule has 31 heavy (non-hydrogen) atoms. The van der Waals surface area contributed by atoms with Crippen LogP contribution in [-0.4, -0.2) is 54.7 Å². The number of halogens is 1. The number of likely N-dealkylation sites (tertiary alicyclic amines) is 1. The lowest BCUT2D eigenvalue weighted by atomic mass is 9.85. The Labute approximate surface area is 188 Å². The quantitative estimate of drug-likeness (QED) is 0.569. The lowest BCUT2D eigenvalue weighted by Crippen LogP contribution is -2.60. The second kappa shape index (κ2) is 9.43. The number of hydrogen-bond acceptors (Lipinski definition) is 3. The number of aromatic amines is 1. The van der Waals surface area contributed by atoms with Crippen molar-refractivity contribution < 1.29 is 9.53 Å². The summed E-state index contributed by atoms with van der Waals surface area (Å²) in [5.74, 6) is 0.0624. The third-order valence-electron chi connectivity index (χ3n) is 6.45. The molecule has 0 radical (unpaired) electrons. The molecule has 1 saturated heterocycles. The van der Waals surface area contributed by atoms with Crippen molar-refractivity contribution in [1.82, 2.24) is 9.88 Å². The van der Waals surface area contributed by atoms with E-state index in [1.54, 1.807) is 14.0 Å². The van der Waals surface area contributed by atoms with Gasteiger partial charge in [-0.25, -0.2) is 0 Å². The van der Waals surface area contributed by atoms with Crippen LogP contribution in [0.4, 0.5) is 5.69 Å². The molecule has 164 valence electrons. The smallest absolute Gasteiger partial charge is 0.224 e. The van der Waals surface area contributed by atoms with Gasteiger partial charge in [-0.15, -0.1) is 0 Å². The molecule has 0 bridgehead atoms. The number of para-hydroxylation sites is 2. The Balaban J connectivity index is 1.45. The van der Waals surface area contributed by atoms with E-state index in [0.717, 1.165) is 55.1 Å². The first-order chi connectivity index (χ1) is 15.0. The predicted octanol–water partition coefficient (Wildman–Crippen LogP) is 4.90. The number of aromatic nitrogens is 1. The van der Waals surface area contributed by atoms with E-state index in [9.17, 15) is 4.79 Å². The fourth-order valence-corrected chi connectivity index (χ4v) is 5.15. The van der Waals surface area contributed by atoms with Crippen LogP contribution in [0, 0.1) is 0 Å². The van der Waals surface area contributed by atoms with Crippen molar-refractivity contribution in [3.8, 4) is 0 Å². The van der Waals surface area contributed by atoms with E-state index in [-0.39, 0.29) is 11.4 Å². The second-order valence-electron chi connectivity index (χ2n) is 8.42. The molecule has 1 aliphatic rings. The van der Waals surface area contributed by atoms with E-state index in [0.29, 0.717) is 6.61 Å². The fourth-order valence-electron chi connectivity index (χ4n) is 4.92. The van der Waals surface area contributed by atoms with E-state index in [1.165, 1.54) is 10.9 Å². The standard InChI is InChI=1S/C25H30ClN3O2/c1-19(30)29(21-7-4-3-5-8-21)25(18-31-2)12-15-28(16-13-25)14-11-20-17-27-24-22(20)9-6-10-23(24)26/h3-10,17,27H,11-16,18H2,1-2H3. The van der Waals surface area contributed by atoms with Gasteiger partial charge in [0.1, 0.15) is 0 Å². The molecule has 0 saturated carbocycles. The minimum absolute atomic E-state index is 0.0624. The third-order valence-corrected chi connectivity index (χ3v) is 6.77. The summed E-state index contributed by atoms with van der Waals surface area (Å²) in [6, 6.07) is 16.0. The number of methoxy groups -OCH3 is 1. The normalized spacial score (nSPS) is 16.5. The van der Waals surface area contributed by atoms with Crippen LogP contribution in [0.1, 0.15) is 25.3 Å². The average Bonchev–Trinajstić information content (AvgIpc) is 3.19. The van der Waals surface area contributed by atoms with Crippen molar-refractivity contribution in [1.29, 1.82) is 0 Å². The molecule has 1 amide bonds. The molecule has 4 rings (SSSR count). The largest absolute Gasteiger partial charge is 0.382 e. The Morgan fingerprint density at radius 1 is 1.16 bits per heavy atom. The van der Waals surface area contributed by atoms with E-state index < -0.39 is 0 Å². The number of ether oxygens (including phenoxy) is 1. The van der Waals surface area contributed by atoms with Crippen LogP contribution in [0.3, 0.4) is 0 Å². The monoisotopic (exact) mass is 439 g/mol. The van der Waals surface area contributed by atoms with Gasteiger partial charge in [0.25, 0.3) is 0 Å². The summed E-state index contributed by atoms with van der Waals surface area (Å²) in [5.41, 5.74) is 2.93. The highest BCUT2D eigenvalue weighted by Gasteiger charge is 2.42. The summed E-state index contributed by atoms with van der Waals surface area (Å²) >= 11 is 6.30. The number of carbonyl (C=O) groups is 1. The molecule has 2 heterocycles. The zero-order chi connectivity index (χ0) is 21.8. The van der Waals surface area contributed by atoms with Crippen LogP contribution in [-0.2, 0) is 16.0 Å². The maximum atomic E-state index is 12.7. The van der Waals surface area contributed by atoms with Crippen molar-refractivity contribution in [3.05, 3.63) is 65.3 Å². The number of carbonyl (C=O) groups excluding carboxylic acids is 1. The Hall–Kier alpha value is -2.34.